The van der Waals surface area contributed by atoms with Crippen molar-refractivity contribution in [2.75, 3.05) is 23.9 Å². The van der Waals surface area contributed by atoms with Crippen molar-refractivity contribution in [3.8, 4) is 5.75 Å². The fourth-order valence-electron chi connectivity index (χ4n) is 3.38. The quantitative estimate of drug-likeness (QED) is 0.914. The number of rotatable bonds is 4. The minimum atomic E-state index is -0.381. The first-order valence-corrected chi connectivity index (χ1v) is 8.72. The van der Waals surface area contributed by atoms with E-state index in [1.54, 1.807) is 12.0 Å². The minimum absolute atomic E-state index is 0.0201. The average Bonchev–Trinajstić information content (AvgIpc) is 2.97. The number of hydrogen-bond donors (Lipinski definition) is 1. The molecule has 136 valence electrons. The van der Waals surface area contributed by atoms with Crippen LogP contribution in [-0.2, 0) is 9.59 Å². The van der Waals surface area contributed by atoms with Crippen molar-refractivity contribution < 1.29 is 14.3 Å². The number of anilines is 2. The predicted octanol–water partition coefficient (Wildman–Crippen LogP) is 3.61. The number of carbonyl (C=O) groups excluding carboxylic acids is 2. The fourth-order valence-corrected chi connectivity index (χ4v) is 3.38. The molecule has 1 aliphatic rings. The van der Waals surface area contributed by atoms with Crippen LogP contribution in [0.15, 0.2) is 36.4 Å². The lowest BCUT2D eigenvalue weighted by Crippen LogP contribution is -2.28. The molecule has 3 rings (SSSR count). The van der Waals surface area contributed by atoms with Crippen LogP contribution in [0.1, 0.15) is 23.1 Å². The van der Waals surface area contributed by atoms with Crippen molar-refractivity contribution >= 4 is 23.2 Å². The van der Waals surface area contributed by atoms with Crippen molar-refractivity contribution in [2.24, 2.45) is 5.92 Å². The van der Waals surface area contributed by atoms with Crippen molar-refractivity contribution in [1.29, 1.82) is 0 Å². The maximum atomic E-state index is 12.7. The van der Waals surface area contributed by atoms with Gasteiger partial charge in [-0.2, -0.15) is 0 Å². The van der Waals surface area contributed by atoms with Crippen LogP contribution in [-0.4, -0.2) is 25.5 Å². The van der Waals surface area contributed by atoms with E-state index in [0.717, 1.165) is 22.4 Å². The van der Waals surface area contributed by atoms with Gasteiger partial charge in [-0.3, -0.25) is 9.59 Å². The number of amides is 2. The van der Waals surface area contributed by atoms with Crippen LogP contribution in [0.5, 0.6) is 5.75 Å². The summed E-state index contributed by atoms with van der Waals surface area (Å²) in [5.74, 6) is 0.0516. The van der Waals surface area contributed by atoms with E-state index in [-0.39, 0.29) is 24.2 Å². The lowest BCUT2D eigenvalue weighted by atomic mass is 10.1. The molecule has 2 amide bonds. The first-order valence-electron chi connectivity index (χ1n) is 8.72. The number of carbonyl (C=O) groups is 2. The van der Waals surface area contributed by atoms with Gasteiger partial charge < -0.3 is 15.0 Å². The standard InChI is InChI=1S/C21H24N2O3/c1-13-5-7-18(15(3)9-13)23-12-16(11-20(23)24)21(25)22-17-10-14(2)6-8-19(17)26-4/h5-10,16H,11-12H2,1-4H3,(H,22,25). The molecule has 1 aliphatic heterocycles. The van der Waals surface area contributed by atoms with Gasteiger partial charge in [-0.1, -0.05) is 23.8 Å². The average molecular weight is 352 g/mol. The van der Waals surface area contributed by atoms with E-state index in [4.69, 9.17) is 4.74 Å². The summed E-state index contributed by atoms with van der Waals surface area (Å²) in [6.45, 7) is 6.35. The third-order valence-electron chi connectivity index (χ3n) is 4.75. The Morgan fingerprint density at radius 2 is 1.81 bits per heavy atom. The largest absolute Gasteiger partial charge is 0.495 e. The highest BCUT2D eigenvalue weighted by atomic mass is 16.5. The van der Waals surface area contributed by atoms with E-state index < -0.39 is 0 Å². The van der Waals surface area contributed by atoms with Crippen LogP contribution in [0.25, 0.3) is 0 Å². The van der Waals surface area contributed by atoms with Crippen LogP contribution in [0.2, 0.25) is 0 Å². The Hall–Kier alpha value is -2.82. The summed E-state index contributed by atoms with van der Waals surface area (Å²) in [5, 5.41) is 2.92. The smallest absolute Gasteiger partial charge is 0.229 e. The Labute approximate surface area is 154 Å². The molecule has 0 aromatic heterocycles. The molecule has 0 saturated carbocycles. The fraction of sp³-hybridized carbons (Fsp3) is 0.333. The van der Waals surface area contributed by atoms with Crippen molar-refractivity contribution in [3.05, 3.63) is 53.1 Å². The minimum Gasteiger partial charge on any atom is -0.495 e. The number of methoxy groups -OCH3 is 1. The lowest BCUT2D eigenvalue weighted by Gasteiger charge is -2.19. The van der Waals surface area contributed by atoms with Gasteiger partial charge in [-0.15, -0.1) is 0 Å². The molecule has 0 spiro atoms. The van der Waals surface area contributed by atoms with E-state index in [0.29, 0.717) is 18.0 Å². The Balaban J connectivity index is 1.76. The normalized spacial score (nSPS) is 16.7. The molecule has 1 unspecified atom stereocenters. The predicted molar refractivity (Wildman–Crippen MR) is 103 cm³/mol. The zero-order chi connectivity index (χ0) is 18.8. The van der Waals surface area contributed by atoms with E-state index in [1.807, 2.05) is 57.2 Å². The number of ether oxygens (including phenoxy) is 1. The Kier molecular flexibility index (Phi) is 4.98. The molecule has 0 radical (unpaired) electrons. The van der Waals surface area contributed by atoms with E-state index in [2.05, 4.69) is 5.32 Å². The second-order valence-electron chi connectivity index (χ2n) is 6.89. The van der Waals surface area contributed by atoms with Crippen molar-refractivity contribution in [3.63, 3.8) is 0 Å². The molecular weight excluding hydrogens is 328 g/mol. The highest BCUT2D eigenvalue weighted by Crippen LogP contribution is 2.31. The third kappa shape index (κ3) is 3.57. The van der Waals surface area contributed by atoms with Crippen LogP contribution >= 0.6 is 0 Å². The molecule has 5 nitrogen and oxygen atoms in total. The van der Waals surface area contributed by atoms with Gasteiger partial charge >= 0.3 is 0 Å². The second kappa shape index (κ2) is 7.20. The Morgan fingerprint density at radius 3 is 2.50 bits per heavy atom. The highest BCUT2D eigenvalue weighted by molar-refractivity contribution is 6.04. The first kappa shape index (κ1) is 18.0. The summed E-state index contributed by atoms with van der Waals surface area (Å²) in [7, 11) is 1.57. The zero-order valence-corrected chi connectivity index (χ0v) is 15.6. The van der Waals surface area contributed by atoms with Gasteiger partial charge in [0.15, 0.2) is 0 Å². The van der Waals surface area contributed by atoms with Crippen molar-refractivity contribution in [2.45, 2.75) is 27.2 Å². The number of nitrogens with zero attached hydrogens (tertiary/aromatic N) is 1. The number of benzene rings is 2. The summed E-state index contributed by atoms with van der Waals surface area (Å²) in [4.78, 5) is 26.9. The molecule has 1 heterocycles. The SMILES string of the molecule is COc1ccc(C)cc1NC(=O)C1CC(=O)N(c2ccc(C)cc2C)C1. The molecule has 0 bridgehead atoms. The monoisotopic (exact) mass is 352 g/mol. The molecule has 5 heteroatoms. The van der Waals surface area contributed by atoms with Gasteiger partial charge in [0.05, 0.1) is 18.7 Å². The van der Waals surface area contributed by atoms with Crippen LogP contribution in [0.4, 0.5) is 11.4 Å². The summed E-state index contributed by atoms with van der Waals surface area (Å²) in [5.41, 5.74) is 4.73. The van der Waals surface area contributed by atoms with Gasteiger partial charge in [-0.05, 0) is 50.1 Å². The molecule has 1 atom stereocenters. The zero-order valence-electron chi connectivity index (χ0n) is 15.6. The number of aryl methyl sites for hydroxylation is 3. The maximum absolute atomic E-state index is 12.7. The molecule has 26 heavy (non-hydrogen) atoms. The van der Waals surface area contributed by atoms with Crippen LogP contribution in [0, 0.1) is 26.7 Å². The molecule has 0 aliphatic carbocycles. The second-order valence-corrected chi connectivity index (χ2v) is 6.89. The van der Waals surface area contributed by atoms with Gasteiger partial charge in [0.1, 0.15) is 5.75 Å². The first-order chi connectivity index (χ1) is 12.4. The third-order valence-corrected chi connectivity index (χ3v) is 4.75. The molecule has 1 saturated heterocycles. The Bertz CT molecular complexity index is 860. The number of hydrogen-bond acceptors (Lipinski definition) is 3. The van der Waals surface area contributed by atoms with Gasteiger partial charge in [0.2, 0.25) is 11.8 Å². The van der Waals surface area contributed by atoms with E-state index >= 15 is 0 Å². The molecule has 2 aromatic rings. The number of nitrogens with one attached hydrogen (secondary N) is 1. The molecular formula is C21H24N2O3. The maximum Gasteiger partial charge on any atom is 0.229 e. The lowest BCUT2D eigenvalue weighted by molar-refractivity contribution is -0.122. The van der Waals surface area contributed by atoms with Crippen molar-refractivity contribution in [1.82, 2.24) is 0 Å². The highest BCUT2D eigenvalue weighted by Gasteiger charge is 2.35. The summed E-state index contributed by atoms with van der Waals surface area (Å²) < 4.78 is 5.31. The summed E-state index contributed by atoms with van der Waals surface area (Å²) in [6, 6.07) is 11.6. The summed E-state index contributed by atoms with van der Waals surface area (Å²) in [6.07, 6.45) is 0.216. The summed E-state index contributed by atoms with van der Waals surface area (Å²) >= 11 is 0. The van der Waals surface area contributed by atoms with E-state index in [1.165, 1.54) is 0 Å². The van der Waals surface area contributed by atoms with Gasteiger partial charge in [0, 0.05) is 18.7 Å². The van der Waals surface area contributed by atoms with Gasteiger partial charge in [0.25, 0.3) is 0 Å². The topological polar surface area (TPSA) is 58.6 Å². The molecule has 2 aromatic carbocycles. The molecule has 1 fully saturated rings. The van der Waals surface area contributed by atoms with Crippen LogP contribution in [0.3, 0.4) is 0 Å². The Morgan fingerprint density at radius 1 is 1.12 bits per heavy atom. The molecule has 1 N–H and O–H groups in total. The van der Waals surface area contributed by atoms with Crippen LogP contribution < -0.4 is 15.0 Å². The van der Waals surface area contributed by atoms with Gasteiger partial charge in [-0.25, -0.2) is 0 Å². The van der Waals surface area contributed by atoms with E-state index in [9.17, 15) is 9.59 Å².